The van der Waals surface area contributed by atoms with Crippen molar-refractivity contribution < 1.29 is 28.3 Å². The SMILES string of the molecule is COC(=O)CCc1c(Cc2[nH]c(C=O)c(CCO[Si](C)(C)C(C)(C)C)c2C)[nH]c(C(=O)OCc2ccccc2)c1C. The standard InChI is InChI=1S/C32H44N2O6Si/c1-21-25(16-17-40-41(7,8)32(3,4)5)28(19-35)33-26(21)18-27-24(14-15-29(36)38-6)22(2)30(34-27)31(37)39-20-23-12-10-9-11-13-23/h9-13,19,33-34H,14-18,20H2,1-8H3. The maximum absolute atomic E-state index is 13.1. The van der Waals surface area contributed by atoms with E-state index in [1.54, 1.807) is 0 Å². The van der Waals surface area contributed by atoms with Gasteiger partial charge >= 0.3 is 11.9 Å². The van der Waals surface area contributed by atoms with Gasteiger partial charge in [-0.3, -0.25) is 9.59 Å². The van der Waals surface area contributed by atoms with Crippen molar-refractivity contribution >= 4 is 26.5 Å². The van der Waals surface area contributed by atoms with Crippen molar-refractivity contribution in [2.45, 2.75) is 85.0 Å². The molecule has 0 bridgehead atoms. The highest BCUT2D eigenvalue weighted by Crippen LogP contribution is 2.36. The fourth-order valence-electron chi connectivity index (χ4n) is 4.63. The van der Waals surface area contributed by atoms with E-state index in [4.69, 9.17) is 13.9 Å². The van der Waals surface area contributed by atoms with E-state index in [-0.39, 0.29) is 24.0 Å². The maximum atomic E-state index is 13.1. The third kappa shape index (κ3) is 7.86. The Balaban J connectivity index is 1.86. The predicted octanol–water partition coefficient (Wildman–Crippen LogP) is 6.39. The van der Waals surface area contributed by atoms with Crippen molar-refractivity contribution in [2.75, 3.05) is 13.7 Å². The number of hydrogen-bond acceptors (Lipinski definition) is 6. The summed E-state index contributed by atoms with van der Waals surface area (Å²) in [4.78, 5) is 43.6. The van der Waals surface area contributed by atoms with E-state index in [1.807, 2.05) is 44.2 Å². The molecule has 0 fully saturated rings. The van der Waals surface area contributed by atoms with Gasteiger partial charge < -0.3 is 23.9 Å². The van der Waals surface area contributed by atoms with Gasteiger partial charge in [0.1, 0.15) is 12.3 Å². The zero-order chi connectivity index (χ0) is 30.4. The second-order valence-corrected chi connectivity index (χ2v) is 16.8. The van der Waals surface area contributed by atoms with Gasteiger partial charge in [-0.2, -0.15) is 0 Å². The Labute approximate surface area is 244 Å². The van der Waals surface area contributed by atoms with E-state index >= 15 is 0 Å². The van der Waals surface area contributed by atoms with E-state index in [1.165, 1.54) is 7.11 Å². The topological polar surface area (TPSA) is 110 Å². The smallest absolute Gasteiger partial charge is 0.355 e. The maximum Gasteiger partial charge on any atom is 0.355 e. The van der Waals surface area contributed by atoms with E-state index in [0.717, 1.165) is 45.5 Å². The van der Waals surface area contributed by atoms with Crippen LogP contribution in [0, 0.1) is 13.8 Å². The van der Waals surface area contributed by atoms with Crippen LogP contribution in [0.2, 0.25) is 18.1 Å². The minimum atomic E-state index is -1.92. The van der Waals surface area contributed by atoms with Crippen molar-refractivity contribution in [1.29, 1.82) is 0 Å². The zero-order valence-electron chi connectivity index (χ0n) is 25.7. The first-order valence-electron chi connectivity index (χ1n) is 14.1. The van der Waals surface area contributed by atoms with Crippen LogP contribution < -0.4 is 0 Å². The molecular weight excluding hydrogens is 536 g/mol. The van der Waals surface area contributed by atoms with Crippen LogP contribution in [-0.2, 0) is 44.6 Å². The fraction of sp³-hybridized carbons (Fsp3) is 0.469. The van der Waals surface area contributed by atoms with Crippen LogP contribution in [0.4, 0.5) is 0 Å². The van der Waals surface area contributed by atoms with E-state index < -0.39 is 14.3 Å². The summed E-state index contributed by atoms with van der Waals surface area (Å²) in [6.07, 6.45) is 2.49. The molecule has 0 radical (unpaired) electrons. The number of benzene rings is 1. The lowest BCUT2D eigenvalue weighted by Gasteiger charge is -2.36. The van der Waals surface area contributed by atoms with Gasteiger partial charge in [-0.1, -0.05) is 51.1 Å². The molecule has 3 rings (SSSR count). The third-order valence-corrected chi connectivity index (χ3v) is 12.8. The van der Waals surface area contributed by atoms with E-state index in [0.29, 0.717) is 37.3 Å². The Hall–Kier alpha value is -3.43. The molecule has 0 aliphatic carbocycles. The van der Waals surface area contributed by atoms with Crippen molar-refractivity contribution in [1.82, 2.24) is 9.97 Å². The van der Waals surface area contributed by atoms with Crippen molar-refractivity contribution in [3.8, 4) is 0 Å². The molecule has 3 aromatic rings. The molecular formula is C32H44N2O6Si. The number of methoxy groups -OCH3 is 1. The molecule has 0 atom stereocenters. The van der Waals surface area contributed by atoms with Gasteiger partial charge in [-0.15, -0.1) is 0 Å². The number of aldehydes is 1. The van der Waals surface area contributed by atoms with Crippen LogP contribution in [0.3, 0.4) is 0 Å². The molecule has 222 valence electrons. The minimum Gasteiger partial charge on any atom is -0.469 e. The number of carbonyl (C=O) groups is 3. The van der Waals surface area contributed by atoms with Crippen LogP contribution in [-0.4, -0.2) is 50.2 Å². The lowest BCUT2D eigenvalue weighted by atomic mass is 10.00. The summed E-state index contributed by atoms with van der Waals surface area (Å²) in [6.45, 7) is 15.6. The summed E-state index contributed by atoms with van der Waals surface area (Å²) >= 11 is 0. The number of nitrogens with one attached hydrogen (secondary N) is 2. The van der Waals surface area contributed by atoms with Gasteiger partial charge in [0.25, 0.3) is 0 Å². The molecule has 0 unspecified atom stereocenters. The lowest BCUT2D eigenvalue weighted by Crippen LogP contribution is -2.41. The summed E-state index contributed by atoms with van der Waals surface area (Å²) in [6, 6.07) is 9.50. The average molecular weight is 581 g/mol. The summed E-state index contributed by atoms with van der Waals surface area (Å²) in [5.74, 6) is -0.787. The monoisotopic (exact) mass is 580 g/mol. The second-order valence-electron chi connectivity index (χ2n) is 12.0. The molecule has 9 heteroatoms. The summed E-state index contributed by atoms with van der Waals surface area (Å²) < 4.78 is 16.8. The van der Waals surface area contributed by atoms with Gasteiger partial charge in [0.05, 0.1) is 12.8 Å². The minimum absolute atomic E-state index is 0.102. The molecule has 2 aromatic heterocycles. The Morgan fingerprint density at radius 3 is 2.24 bits per heavy atom. The molecule has 0 aliphatic rings. The molecule has 0 spiro atoms. The molecule has 0 amide bonds. The Morgan fingerprint density at radius 2 is 1.63 bits per heavy atom. The number of aromatic nitrogens is 2. The van der Waals surface area contributed by atoms with Gasteiger partial charge in [-0.25, -0.2) is 4.79 Å². The van der Waals surface area contributed by atoms with Gasteiger partial charge in [0.2, 0.25) is 0 Å². The molecule has 41 heavy (non-hydrogen) atoms. The summed E-state index contributed by atoms with van der Waals surface area (Å²) in [7, 11) is -0.555. The number of H-pyrrole nitrogens is 2. The number of hydrogen-bond donors (Lipinski definition) is 2. The number of aromatic amines is 2. The molecule has 2 heterocycles. The van der Waals surface area contributed by atoms with Gasteiger partial charge in [0, 0.05) is 30.8 Å². The van der Waals surface area contributed by atoms with Crippen LogP contribution in [0.5, 0.6) is 0 Å². The molecule has 2 N–H and O–H groups in total. The molecule has 0 saturated heterocycles. The predicted molar refractivity (Wildman–Crippen MR) is 162 cm³/mol. The average Bonchev–Trinajstić information content (AvgIpc) is 3.40. The summed E-state index contributed by atoms with van der Waals surface area (Å²) in [5.41, 5.74) is 7.00. The molecule has 0 aliphatic heterocycles. The van der Waals surface area contributed by atoms with Crippen molar-refractivity contribution in [3.63, 3.8) is 0 Å². The highest BCUT2D eigenvalue weighted by atomic mass is 28.4. The first kappa shape index (κ1) is 32.1. The van der Waals surface area contributed by atoms with E-state index in [2.05, 4.69) is 43.8 Å². The zero-order valence-corrected chi connectivity index (χ0v) is 26.7. The van der Waals surface area contributed by atoms with Crippen molar-refractivity contribution in [2.24, 2.45) is 0 Å². The van der Waals surface area contributed by atoms with Gasteiger partial charge in [0.15, 0.2) is 14.6 Å². The number of ether oxygens (including phenoxy) is 2. The lowest BCUT2D eigenvalue weighted by molar-refractivity contribution is -0.140. The van der Waals surface area contributed by atoms with Gasteiger partial charge in [-0.05, 0) is 72.6 Å². The Bertz CT molecular complexity index is 1360. The number of esters is 2. The molecule has 1 aromatic carbocycles. The van der Waals surface area contributed by atoms with Crippen LogP contribution in [0.25, 0.3) is 0 Å². The fourth-order valence-corrected chi connectivity index (χ4v) is 5.68. The Morgan fingerprint density at radius 1 is 0.951 bits per heavy atom. The van der Waals surface area contributed by atoms with Crippen molar-refractivity contribution in [3.05, 3.63) is 80.9 Å². The molecule has 8 nitrogen and oxygen atoms in total. The Kier molecular flexibility index (Phi) is 10.6. The van der Waals surface area contributed by atoms with Crippen LogP contribution in [0.15, 0.2) is 30.3 Å². The molecule has 0 saturated carbocycles. The normalized spacial score (nSPS) is 11.9. The van der Waals surface area contributed by atoms with Crippen LogP contribution in [0.1, 0.15) is 87.4 Å². The number of rotatable bonds is 13. The quantitative estimate of drug-likeness (QED) is 0.138. The summed E-state index contributed by atoms with van der Waals surface area (Å²) in [5, 5.41) is 0.102. The van der Waals surface area contributed by atoms with Crippen LogP contribution >= 0.6 is 0 Å². The second kappa shape index (κ2) is 13.5. The highest BCUT2D eigenvalue weighted by molar-refractivity contribution is 6.74. The third-order valence-electron chi connectivity index (χ3n) is 8.30. The first-order chi connectivity index (χ1) is 19.3. The highest BCUT2D eigenvalue weighted by Gasteiger charge is 2.37. The first-order valence-corrected chi connectivity index (χ1v) is 17.0. The number of carbonyl (C=O) groups excluding carboxylic acids is 3. The largest absolute Gasteiger partial charge is 0.469 e. The van der Waals surface area contributed by atoms with E-state index in [9.17, 15) is 14.4 Å².